The van der Waals surface area contributed by atoms with Crippen LogP contribution < -0.4 is 5.32 Å². The zero-order chi connectivity index (χ0) is 11.4. The molecule has 0 radical (unpaired) electrons. The normalized spacial score (nSPS) is 12.9. The lowest BCUT2D eigenvalue weighted by molar-refractivity contribution is 0.499. The molecule has 2 heterocycles. The lowest BCUT2D eigenvalue weighted by Gasteiger charge is -2.16. The molecule has 1 unspecified atom stereocenters. The SMILES string of the molecule is CCNC(Cc1ccoc1)c1ccoc1C. The van der Waals surface area contributed by atoms with Gasteiger partial charge in [0.25, 0.3) is 0 Å². The van der Waals surface area contributed by atoms with Crippen molar-refractivity contribution in [3.8, 4) is 0 Å². The molecule has 0 aromatic carbocycles. The highest BCUT2D eigenvalue weighted by Crippen LogP contribution is 2.22. The van der Waals surface area contributed by atoms with Crippen molar-refractivity contribution in [2.45, 2.75) is 26.3 Å². The van der Waals surface area contributed by atoms with Gasteiger partial charge in [-0.05, 0) is 37.6 Å². The first-order valence-corrected chi connectivity index (χ1v) is 5.59. The summed E-state index contributed by atoms with van der Waals surface area (Å²) in [6, 6.07) is 4.32. The van der Waals surface area contributed by atoms with Crippen LogP contribution in [0.1, 0.15) is 29.9 Å². The molecular formula is C13H17NO2. The lowest BCUT2D eigenvalue weighted by Crippen LogP contribution is -2.22. The molecule has 2 aromatic heterocycles. The van der Waals surface area contributed by atoms with Crippen molar-refractivity contribution in [1.29, 1.82) is 0 Å². The monoisotopic (exact) mass is 219 g/mol. The van der Waals surface area contributed by atoms with Gasteiger partial charge in [-0.1, -0.05) is 6.92 Å². The number of aryl methyl sites for hydroxylation is 1. The van der Waals surface area contributed by atoms with Gasteiger partial charge in [0.1, 0.15) is 5.76 Å². The Morgan fingerprint density at radius 3 is 2.75 bits per heavy atom. The van der Waals surface area contributed by atoms with Gasteiger partial charge in [0.2, 0.25) is 0 Å². The van der Waals surface area contributed by atoms with Gasteiger partial charge in [0, 0.05) is 11.6 Å². The highest BCUT2D eigenvalue weighted by atomic mass is 16.3. The minimum atomic E-state index is 0.293. The van der Waals surface area contributed by atoms with Crippen molar-refractivity contribution in [1.82, 2.24) is 5.32 Å². The summed E-state index contributed by atoms with van der Waals surface area (Å²) >= 11 is 0. The van der Waals surface area contributed by atoms with Crippen molar-refractivity contribution < 1.29 is 8.83 Å². The minimum Gasteiger partial charge on any atom is -0.472 e. The Kier molecular flexibility index (Phi) is 3.47. The molecule has 0 spiro atoms. The van der Waals surface area contributed by atoms with Crippen LogP contribution >= 0.6 is 0 Å². The summed E-state index contributed by atoms with van der Waals surface area (Å²) in [4.78, 5) is 0. The molecule has 3 nitrogen and oxygen atoms in total. The molecule has 0 aliphatic heterocycles. The Morgan fingerprint density at radius 2 is 2.19 bits per heavy atom. The van der Waals surface area contributed by atoms with Gasteiger partial charge in [0.15, 0.2) is 0 Å². The lowest BCUT2D eigenvalue weighted by atomic mass is 10.0. The van der Waals surface area contributed by atoms with Crippen LogP contribution in [0, 0.1) is 6.92 Å². The summed E-state index contributed by atoms with van der Waals surface area (Å²) in [5.41, 5.74) is 2.43. The van der Waals surface area contributed by atoms with E-state index in [1.807, 2.05) is 19.1 Å². The molecule has 1 atom stereocenters. The third-order valence-electron chi connectivity index (χ3n) is 2.74. The van der Waals surface area contributed by atoms with Crippen molar-refractivity contribution in [2.24, 2.45) is 0 Å². The molecule has 0 fully saturated rings. The van der Waals surface area contributed by atoms with Crippen LogP contribution in [0.25, 0.3) is 0 Å². The van der Waals surface area contributed by atoms with E-state index in [4.69, 9.17) is 8.83 Å². The second kappa shape index (κ2) is 5.03. The Balaban J connectivity index is 2.14. The Bertz CT molecular complexity index is 417. The first kappa shape index (κ1) is 11.0. The smallest absolute Gasteiger partial charge is 0.105 e. The largest absolute Gasteiger partial charge is 0.472 e. The molecule has 2 rings (SSSR count). The number of rotatable bonds is 5. The number of nitrogens with one attached hydrogen (secondary N) is 1. The van der Waals surface area contributed by atoms with E-state index in [1.165, 1.54) is 11.1 Å². The van der Waals surface area contributed by atoms with Gasteiger partial charge in [-0.2, -0.15) is 0 Å². The summed E-state index contributed by atoms with van der Waals surface area (Å²) in [6.45, 7) is 5.04. The molecule has 0 bridgehead atoms. The highest BCUT2D eigenvalue weighted by Gasteiger charge is 2.15. The van der Waals surface area contributed by atoms with E-state index in [-0.39, 0.29) is 0 Å². The fraction of sp³-hybridized carbons (Fsp3) is 0.385. The molecular weight excluding hydrogens is 202 g/mol. The summed E-state index contributed by atoms with van der Waals surface area (Å²) in [5, 5.41) is 3.46. The van der Waals surface area contributed by atoms with Crippen LogP contribution in [0.3, 0.4) is 0 Å². The molecule has 1 N–H and O–H groups in total. The van der Waals surface area contributed by atoms with Gasteiger partial charge in [-0.3, -0.25) is 0 Å². The Hall–Kier alpha value is -1.48. The van der Waals surface area contributed by atoms with Crippen LogP contribution in [0.5, 0.6) is 0 Å². The van der Waals surface area contributed by atoms with Crippen molar-refractivity contribution in [3.63, 3.8) is 0 Å². The Morgan fingerprint density at radius 1 is 1.31 bits per heavy atom. The van der Waals surface area contributed by atoms with Crippen LogP contribution in [-0.2, 0) is 6.42 Å². The summed E-state index contributed by atoms with van der Waals surface area (Å²) in [7, 11) is 0. The predicted octanol–water partition coefficient (Wildman–Crippen LogP) is 3.07. The van der Waals surface area contributed by atoms with Gasteiger partial charge in [-0.15, -0.1) is 0 Å². The van der Waals surface area contributed by atoms with E-state index in [2.05, 4.69) is 12.2 Å². The first-order chi connectivity index (χ1) is 7.81. The molecule has 0 saturated carbocycles. The maximum absolute atomic E-state index is 5.35. The minimum absolute atomic E-state index is 0.293. The third kappa shape index (κ3) is 2.36. The molecule has 0 amide bonds. The second-order valence-corrected chi connectivity index (χ2v) is 3.88. The maximum atomic E-state index is 5.35. The van der Waals surface area contributed by atoms with Crippen LogP contribution in [0.4, 0.5) is 0 Å². The third-order valence-corrected chi connectivity index (χ3v) is 2.74. The number of furan rings is 2. The average Bonchev–Trinajstić information content (AvgIpc) is 2.88. The summed E-state index contributed by atoms with van der Waals surface area (Å²) in [5.74, 6) is 0.981. The molecule has 86 valence electrons. The fourth-order valence-electron chi connectivity index (χ4n) is 1.94. The molecule has 0 aliphatic rings. The van der Waals surface area contributed by atoms with Crippen LogP contribution in [0.15, 0.2) is 39.8 Å². The van der Waals surface area contributed by atoms with Gasteiger partial charge >= 0.3 is 0 Å². The van der Waals surface area contributed by atoms with Crippen LogP contribution in [0.2, 0.25) is 0 Å². The molecule has 16 heavy (non-hydrogen) atoms. The first-order valence-electron chi connectivity index (χ1n) is 5.59. The van der Waals surface area contributed by atoms with E-state index in [0.29, 0.717) is 6.04 Å². The second-order valence-electron chi connectivity index (χ2n) is 3.88. The quantitative estimate of drug-likeness (QED) is 0.839. The zero-order valence-electron chi connectivity index (χ0n) is 9.69. The van der Waals surface area contributed by atoms with Crippen LogP contribution in [-0.4, -0.2) is 6.54 Å². The zero-order valence-corrected chi connectivity index (χ0v) is 9.69. The molecule has 0 aliphatic carbocycles. The summed E-state index contributed by atoms with van der Waals surface area (Å²) in [6.07, 6.45) is 6.16. The molecule has 3 heteroatoms. The topological polar surface area (TPSA) is 38.3 Å². The molecule has 0 saturated heterocycles. The van der Waals surface area contributed by atoms with Gasteiger partial charge in [0.05, 0.1) is 18.8 Å². The summed E-state index contributed by atoms with van der Waals surface area (Å²) < 4.78 is 10.4. The van der Waals surface area contributed by atoms with Crippen molar-refractivity contribution in [2.75, 3.05) is 6.54 Å². The number of hydrogen-bond donors (Lipinski definition) is 1. The Labute approximate surface area is 95.5 Å². The number of likely N-dealkylation sites (N-methyl/N-ethyl adjacent to an activating group) is 1. The van der Waals surface area contributed by atoms with E-state index in [1.54, 1.807) is 18.8 Å². The standard InChI is InChI=1S/C13H17NO2/c1-3-14-13(8-11-4-6-15-9-11)12-5-7-16-10(12)2/h4-7,9,13-14H,3,8H2,1-2H3. The maximum Gasteiger partial charge on any atom is 0.105 e. The average molecular weight is 219 g/mol. The predicted molar refractivity (Wildman–Crippen MR) is 62.3 cm³/mol. The van der Waals surface area contributed by atoms with Crippen molar-refractivity contribution in [3.05, 3.63) is 47.8 Å². The van der Waals surface area contributed by atoms with Gasteiger partial charge < -0.3 is 14.2 Å². The van der Waals surface area contributed by atoms with E-state index in [0.717, 1.165) is 18.7 Å². The fourth-order valence-corrected chi connectivity index (χ4v) is 1.94. The van der Waals surface area contributed by atoms with Crippen molar-refractivity contribution >= 4 is 0 Å². The molecule has 2 aromatic rings. The highest BCUT2D eigenvalue weighted by molar-refractivity contribution is 5.23. The van der Waals surface area contributed by atoms with E-state index >= 15 is 0 Å². The van der Waals surface area contributed by atoms with E-state index < -0.39 is 0 Å². The van der Waals surface area contributed by atoms with E-state index in [9.17, 15) is 0 Å². The van der Waals surface area contributed by atoms with Gasteiger partial charge in [-0.25, -0.2) is 0 Å². The number of hydrogen-bond acceptors (Lipinski definition) is 3.